The summed E-state index contributed by atoms with van der Waals surface area (Å²) in [4.78, 5) is 12.0. The van der Waals surface area contributed by atoms with Crippen LogP contribution >= 0.6 is 0 Å². The summed E-state index contributed by atoms with van der Waals surface area (Å²) in [6, 6.07) is 15.4. The van der Waals surface area contributed by atoms with E-state index in [0.29, 0.717) is 16.9 Å². The highest BCUT2D eigenvalue weighted by atomic mass is 32.2. The molecule has 2 rings (SSSR count). The Balaban J connectivity index is 2.08. The van der Waals surface area contributed by atoms with Gasteiger partial charge in [0.15, 0.2) is 0 Å². The van der Waals surface area contributed by atoms with Crippen molar-refractivity contribution in [1.82, 2.24) is 0 Å². The molecule has 2 aromatic carbocycles. The molecule has 26 heavy (non-hydrogen) atoms. The third-order valence-corrected chi connectivity index (χ3v) is 4.13. The monoisotopic (exact) mass is 367 g/mol. The van der Waals surface area contributed by atoms with E-state index < -0.39 is 15.9 Å². The van der Waals surface area contributed by atoms with Crippen molar-refractivity contribution in [3.8, 4) is 12.1 Å². The SMILES string of the molecule is N#C/C(=C/Nc1ccc(C#N)cc1)C(=O)Nc1ccc(S(N)(=O)=O)cc1. The van der Waals surface area contributed by atoms with Crippen LogP contribution in [0.25, 0.3) is 0 Å². The van der Waals surface area contributed by atoms with Crippen molar-refractivity contribution in [3.63, 3.8) is 0 Å². The summed E-state index contributed by atoms with van der Waals surface area (Å²) in [6.45, 7) is 0. The number of anilines is 2. The van der Waals surface area contributed by atoms with E-state index in [1.54, 1.807) is 30.3 Å². The second kappa shape index (κ2) is 7.94. The Morgan fingerprint density at radius 2 is 1.58 bits per heavy atom. The fourth-order valence-corrected chi connectivity index (χ4v) is 2.39. The Kier molecular flexibility index (Phi) is 5.71. The van der Waals surface area contributed by atoms with Gasteiger partial charge in [0.05, 0.1) is 16.5 Å². The van der Waals surface area contributed by atoms with E-state index in [-0.39, 0.29) is 10.5 Å². The second-order valence-corrected chi connectivity index (χ2v) is 6.59. The van der Waals surface area contributed by atoms with Crippen molar-refractivity contribution >= 4 is 27.3 Å². The molecular weight excluding hydrogens is 354 g/mol. The Morgan fingerprint density at radius 3 is 2.08 bits per heavy atom. The maximum absolute atomic E-state index is 12.1. The first kappa shape index (κ1) is 18.7. The summed E-state index contributed by atoms with van der Waals surface area (Å²) in [5.41, 5.74) is 1.20. The van der Waals surface area contributed by atoms with Gasteiger partial charge in [-0.25, -0.2) is 13.6 Å². The van der Waals surface area contributed by atoms with Crippen LogP contribution in [0, 0.1) is 22.7 Å². The third-order valence-electron chi connectivity index (χ3n) is 3.20. The standard InChI is InChI=1S/C17H13N5O3S/c18-9-12-1-3-14(4-2-12)21-11-13(10-19)17(23)22-15-5-7-16(8-6-15)26(20,24)25/h1-8,11,21H,(H,22,23)(H2,20,24,25)/b13-11-. The van der Waals surface area contributed by atoms with Crippen LogP contribution in [0.15, 0.2) is 65.2 Å². The molecule has 0 saturated heterocycles. The van der Waals surface area contributed by atoms with Crippen molar-refractivity contribution in [2.45, 2.75) is 4.90 Å². The highest BCUT2D eigenvalue weighted by Gasteiger charge is 2.11. The molecule has 9 heteroatoms. The van der Waals surface area contributed by atoms with Crippen LogP contribution in [0.4, 0.5) is 11.4 Å². The molecule has 0 saturated carbocycles. The molecule has 8 nitrogen and oxygen atoms in total. The largest absolute Gasteiger partial charge is 0.360 e. The average molecular weight is 367 g/mol. The number of benzene rings is 2. The van der Waals surface area contributed by atoms with E-state index in [2.05, 4.69) is 10.6 Å². The van der Waals surface area contributed by atoms with Crippen LogP contribution in [0.5, 0.6) is 0 Å². The van der Waals surface area contributed by atoms with Crippen molar-refractivity contribution in [3.05, 3.63) is 65.9 Å². The number of nitrogens with two attached hydrogens (primary N) is 1. The van der Waals surface area contributed by atoms with E-state index in [9.17, 15) is 13.2 Å². The molecule has 130 valence electrons. The molecule has 0 aliphatic heterocycles. The summed E-state index contributed by atoms with van der Waals surface area (Å²) < 4.78 is 22.4. The summed E-state index contributed by atoms with van der Waals surface area (Å²) in [6.07, 6.45) is 1.23. The van der Waals surface area contributed by atoms with Gasteiger partial charge in [0.25, 0.3) is 5.91 Å². The number of nitrogens with zero attached hydrogens (tertiary/aromatic N) is 2. The van der Waals surface area contributed by atoms with E-state index in [0.717, 1.165) is 0 Å². The smallest absolute Gasteiger partial charge is 0.267 e. The number of amides is 1. The number of nitriles is 2. The molecule has 0 spiro atoms. The highest BCUT2D eigenvalue weighted by Crippen LogP contribution is 2.14. The minimum Gasteiger partial charge on any atom is -0.360 e. The number of rotatable bonds is 5. The topological polar surface area (TPSA) is 149 Å². The molecular formula is C17H13N5O3S. The first-order chi connectivity index (χ1) is 12.3. The zero-order valence-electron chi connectivity index (χ0n) is 13.3. The van der Waals surface area contributed by atoms with E-state index in [1.807, 2.05) is 6.07 Å². The molecule has 0 heterocycles. The molecule has 2 aromatic rings. The minimum absolute atomic E-state index is 0.0889. The first-order valence-corrected chi connectivity index (χ1v) is 8.69. The van der Waals surface area contributed by atoms with Crippen LogP contribution < -0.4 is 15.8 Å². The van der Waals surface area contributed by atoms with Gasteiger partial charge in [-0.1, -0.05) is 0 Å². The maximum Gasteiger partial charge on any atom is 0.267 e. The number of nitrogens with one attached hydrogen (secondary N) is 2. The highest BCUT2D eigenvalue weighted by molar-refractivity contribution is 7.89. The van der Waals surface area contributed by atoms with Gasteiger partial charge in [0.2, 0.25) is 10.0 Å². The predicted molar refractivity (Wildman–Crippen MR) is 94.9 cm³/mol. The zero-order valence-corrected chi connectivity index (χ0v) is 14.1. The number of hydrogen-bond donors (Lipinski definition) is 3. The van der Waals surface area contributed by atoms with Crippen molar-refractivity contribution < 1.29 is 13.2 Å². The van der Waals surface area contributed by atoms with Crippen molar-refractivity contribution in [2.24, 2.45) is 5.14 Å². The zero-order chi connectivity index (χ0) is 19.2. The van der Waals surface area contributed by atoms with Crippen LogP contribution in [0.1, 0.15) is 5.56 Å². The quantitative estimate of drug-likeness (QED) is 0.540. The van der Waals surface area contributed by atoms with Crippen LogP contribution in [-0.4, -0.2) is 14.3 Å². The van der Waals surface area contributed by atoms with Gasteiger partial charge in [0, 0.05) is 17.6 Å². The summed E-state index contributed by atoms with van der Waals surface area (Å²) >= 11 is 0. The number of sulfonamides is 1. The Hall–Kier alpha value is -3.66. The predicted octanol–water partition coefficient (Wildman–Crippen LogP) is 1.66. The molecule has 0 atom stereocenters. The Labute approximate surface area is 150 Å². The lowest BCUT2D eigenvalue weighted by molar-refractivity contribution is -0.112. The molecule has 0 aliphatic carbocycles. The summed E-state index contributed by atoms with van der Waals surface area (Å²) in [5.74, 6) is -0.669. The van der Waals surface area contributed by atoms with Crippen molar-refractivity contribution in [1.29, 1.82) is 10.5 Å². The maximum atomic E-state index is 12.1. The second-order valence-electron chi connectivity index (χ2n) is 5.03. The number of carbonyl (C=O) groups excluding carboxylic acids is 1. The number of carbonyl (C=O) groups is 1. The first-order valence-electron chi connectivity index (χ1n) is 7.14. The average Bonchev–Trinajstić information content (AvgIpc) is 2.62. The molecule has 1 amide bonds. The Bertz CT molecular complexity index is 1030. The van der Waals surface area contributed by atoms with Gasteiger partial charge < -0.3 is 10.6 Å². The van der Waals surface area contributed by atoms with E-state index >= 15 is 0 Å². The lowest BCUT2D eigenvalue weighted by Gasteiger charge is -2.06. The molecule has 4 N–H and O–H groups in total. The molecule has 0 aromatic heterocycles. The Morgan fingerprint density at radius 1 is 1.00 bits per heavy atom. The molecule has 0 aliphatic rings. The van der Waals surface area contributed by atoms with Gasteiger partial charge in [0.1, 0.15) is 11.6 Å². The lowest BCUT2D eigenvalue weighted by Crippen LogP contribution is -2.15. The van der Waals surface area contributed by atoms with Gasteiger partial charge in [-0.05, 0) is 48.5 Å². The number of primary sulfonamides is 1. The summed E-state index contributed by atoms with van der Waals surface area (Å²) in [7, 11) is -3.82. The van der Waals surface area contributed by atoms with Crippen LogP contribution in [-0.2, 0) is 14.8 Å². The fraction of sp³-hybridized carbons (Fsp3) is 0. The third kappa shape index (κ3) is 4.92. The van der Waals surface area contributed by atoms with E-state index in [4.69, 9.17) is 15.7 Å². The van der Waals surface area contributed by atoms with Gasteiger partial charge in [-0.2, -0.15) is 10.5 Å². The van der Waals surface area contributed by atoms with E-state index in [1.165, 1.54) is 30.5 Å². The molecule has 0 unspecified atom stereocenters. The molecule has 0 bridgehead atoms. The molecule has 0 fully saturated rings. The van der Waals surface area contributed by atoms with Gasteiger partial charge >= 0.3 is 0 Å². The summed E-state index contributed by atoms with van der Waals surface area (Å²) in [5, 5.41) is 28.1. The molecule has 0 radical (unpaired) electrons. The van der Waals surface area contributed by atoms with Crippen LogP contribution in [0.3, 0.4) is 0 Å². The van der Waals surface area contributed by atoms with Crippen molar-refractivity contribution in [2.75, 3.05) is 10.6 Å². The normalized spacial score (nSPS) is 11.1. The fourth-order valence-electron chi connectivity index (χ4n) is 1.87. The van der Waals surface area contributed by atoms with Gasteiger partial charge in [-0.15, -0.1) is 0 Å². The minimum atomic E-state index is -3.82. The number of hydrogen-bond acceptors (Lipinski definition) is 6. The lowest BCUT2D eigenvalue weighted by atomic mass is 10.2. The van der Waals surface area contributed by atoms with Crippen LogP contribution in [0.2, 0.25) is 0 Å². The van der Waals surface area contributed by atoms with Gasteiger partial charge in [-0.3, -0.25) is 4.79 Å².